The summed E-state index contributed by atoms with van der Waals surface area (Å²) in [7, 11) is -0.765. The summed E-state index contributed by atoms with van der Waals surface area (Å²) in [5.74, 6) is 0. The highest BCUT2D eigenvalue weighted by molar-refractivity contribution is 7.11. The van der Waals surface area contributed by atoms with Crippen LogP contribution in [-0.2, 0) is 18.6 Å². The zero-order chi connectivity index (χ0) is 10.4. The van der Waals surface area contributed by atoms with Gasteiger partial charge in [0, 0.05) is 0 Å². The van der Waals surface area contributed by atoms with E-state index in [0.717, 1.165) is 0 Å². The first kappa shape index (κ1) is 13.0. The van der Waals surface area contributed by atoms with Crippen LogP contribution in [0.4, 0.5) is 0 Å². The Morgan fingerprint density at radius 1 is 0.800 bits per heavy atom. The minimum absolute atomic E-state index is 0. The third kappa shape index (κ3) is 2.21. The van der Waals surface area contributed by atoms with Crippen molar-refractivity contribution in [3.05, 3.63) is 0 Å². The fourth-order valence-electron chi connectivity index (χ4n) is 1.53. The Bertz CT molecular complexity index is 215. The fourth-order valence-corrected chi connectivity index (χ4v) is 1.53. The second-order valence-corrected chi connectivity index (χ2v) is 4.73. The molecule has 2 aliphatic rings. The van der Waals surface area contributed by atoms with E-state index in [1.807, 2.05) is 27.7 Å². The number of hydrogen-bond acceptors (Lipinski definition) is 5. The highest BCUT2D eigenvalue weighted by Gasteiger charge is 2.58. The monoisotopic (exact) mass is 215 g/mol. The lowest BCUT2D eigenvalue weighted by Crippen LogP contribution is -2.41. The van der Waals surface area contributed by atoms with Gasteiger partial charge < -0.3 is 24.8 Å². The van der Waals surface area contributed by atoms with Crippen LogP contribution in [0.2, 0.25) is 0 Å². The summed E-state index contributed by atoms with van der Waals surface area (Å²) in [6, 6.07) is 0. The van der Waals surface area contributed by atoms with Gasteiger partial charge in [-0.2, -0.15) is 0 Å². The molecule has 0 aromatic carbocycles. The molecule has 0 amide bonds. The largest absolute Gasteiger partial charge is 0.488 e. The lowest BCUT2D eigenvalue weighted by Gasteiger charge is -2.32. The quantitative estimate of drug-likeness (QED) is 0.656. The Morgan fingerprint density at radius 2 is 1.20 bits per heavy atom. The topological polar surface area (TPSA) is 71.9 Å². The third-order valence-corrected chi connectivity index (χ3v) is 3.14. The SMILES string of the molecule is CC1(C)OB(B2OCCO2)OC1(C)C.N. The van der Waals surface area contributed by atoms with Gasteiger partial charge in [-0.3, -0.25) is 0 Å². The molecule has 5 nitrogen and oxygen atoms in total. The van der Waals surface area contributed by atoms with Crippen molar-refractivity contribution in [2.45, 2.75) is 38.9 Å². The van der Waals surface area contributed by atoms with Crippen molar-refractivity contribution >= 4 is 14.0 Å². The van der Waals surface area contributed by atoms with Gasteiger partial charge in [0.1, 0.15) is 0 Å². The van der Waals surface area contributed by atoms with Crippen LogP contribution in [0.5, 0.6) is 0 Å². The molecule has 0 radical (unpaired) electrons. The molecule has 86 valence electrons. The summed E-state index contributed by atoms with van der Waals surface area (Å²) < 4.78 is 22.3. The van der Waals surface area contributed by atoms with E-state index < -0.39 is 7.01 Å². The van der Waals surface area contributed by atoms with Crippen LogP contribution in [0, 0.1) is 0 Å². The molecule has 2 fully saturated rings. The van der Waals surface area contributed by atoms with E-state index in [2.05, 4.69) is 0 Å². The second kappa shape index (κ2) is 4.07. The maximum Gasteiger partial charge on any atom is 0.488 e. The molecule has 0 saturated carbocycles. The van der Waals surface area contributed by atoms with Gasteiger partial charge in [0.25, 0.3) is 0 Å². The molecule has 0 atom stereocenters. The predicted octanol–water partition coefficient (Wildman–Crippen LogP) is 0.854. The number of hydrogen-bond donors (Lipinski definition) is 1. The van der Waals surface area contributed by atoms with Crippen molar-refractivity contribution in [3.63, 3.8) is 0 Å². The molecule has 0 aromatic rings. The van der Waals surface area contributed by atoms with Gasteiger partial charge in [0.15, 0.2) is 0 Å². The van der Waals surface area contributed by atoms with Crippen molar-refractivity contribution in [2.24, 2.45) is 0 Å². The Labute approximate surface area is 91.6 Å². The molecule has 7 heteroatoms. The van der Waals surface area contributed by atoms with E-state index in [4.69, 9.17) is 18.6 Å². The molecule has 3 N–H and O–H groups in total. The van der Waals surface area contributed by atoms with Crippen molar-refractivity contribution in [1.82, 2.24) is 6.15 Å². The molecular weight excluding hydrogens is 196 g/mol. The van der Waals surface area contributed by atoms with Gasteiger partial charge in [0.05, 0.1) is 24.4 Å². The zero-order valence-electron chi connectivity index (χ0n) is 9.91. The van der Waals surface area contributed by atoms with E-state index in [9.17, 15) is 0 Å². The summed E-state index contributed by atoms with van der Waals surface area (Å²) in [6.07, 6.45) is 0. The molecule has 0 unspecified atom stereocenters. The number of rotatable bonds is 1. The molecule has 2 saturated heterocycles. The van der Waals surface area contributed by atoms with Crippen molar-refractivity contribution < 1.29 is 18.6 Å². The van der Waals surface area contributed by atoms with Gasteiger partial charge in [-0.1, -0.05) is 0 Å². The van der Waals surface area contributed by atoms with Crippen LogP contribution in [0.25, 0.3) is 0 Å². The molecule has 0 aromatic heterocycles. The second-order valence-electron chi connectivity index (χ2n) is 4.73. The van der Waals surface area contributed by atoms with Gasteiger partial charge in [-0.25, -0.2) is 0 Å². The van der Waals surface area contributed by atoms with Crippen LogP contribution in [-0.4, -0.2) is 38.4 Å². The first-order valence-corrected chi connectivity index (χ1v) is 5.01. The first-order valence-electron chi connectivity index (χ1n) is 5.01. The Morgan fingerprint density at radius 3 is 1.60 bits per heavy atom. The average molecular weight is 215 g/mol. The molecule has 0 bridgehead atoms. The summed E-state index contributed by atoms with van der Waals surface area (Å²) in [5, 5.41) is 0. The van der Waals surface area contributed by atoms with Gasteiger partial charge in [-0.05, 0) is 27.7 Å². The molecule has 2 rings (SSSR count). The molecule has 0 spiro atoms. The highest BCUT2D eigenvalue weighted by Crippen LogP contribution is 2.37. The first-order chi connectivity index (χ1) is 6.42. The Hall–Kier alpha value is -0.0701. The summed E-state index contributed by atoms with van der Waals surface area (Å²) in [5.41, 5.74) is -0.625. The Kier molecular flexibility index (Phi) is 3.52. The molecule has 2 aliphatic heterocycles. The predicted molar refractivity (Wildman–Crippen MR) is 58.8 cm³/mol. The van der Waals surface area contributed by atoms with Gasteiger partial charge >= 0.3 is 14.0 Å². The van der Waals surface area contributed by atoms with Crippen molar-refractivity contribution in [3.8, 4) is 0 Å². The van der Waals surface area contributed by atoms with E-state index in [0.29, 0.717) is 13.2 Å². The Balaban J connectivity index is 0.00000112. The molecule has 2 heterocycles. The molecule has 0 aliphatic carbocycles. The molecular formula is C8H19B2NO4. The third-order valence-electron chi connectivity index (χ3n) is 3.14. The van der Waals surface area contributed by atoms with Crippen LogP contribution in [0.3, 0.4) is 0 Å². The highest BCUT2D eigenvalue weighted by atomic mass is 16.7. The van der Waals surface area contributed by atoms with Crippen molar-refractivity contribution in [1.29, 1.82) is 0 Å². The van der Waals surface area contributed by atoms with E-state index >= 15 is 0 Å². The zero-order valence-corrected chi connectivity index (χ0v) is 9.91. The van der Waals surface area contributed by atoms with Crippen LogP contribution >= 0.6 is 0 Å². The minimum Gasteiger partial charge on any atom is -0.411 e. The van der Waals surface area contributed by atoms with Gasteiger partial charge in [-0.15, -0.1) is 0 Å². The van der Waals surface area contributed by atoms with Crippen LogP contribution in [0.1, 0.15) is 27.7 Å². The smallest absolute Gasteiger partial charge is 0.411 e. The van der Waals surface area contributed by atoms with E-state index in [-0.39, 0.29) is 24.4 Å². The van der Waals surface area contributed by atoms with Crippen molar-refractivity contribution in [2.75, 3.05) is 13.2 Å². The van der Waals surface area contributed by atoms with Crippen LogP contribution < -0.4 is 6.15 Å². The maximum atomic E-state index is 5.78. The van der Waals surface area contributed by atoms with E-state index in [1.165, 1.54) is 0 Å². The maximum absolute atomic E-state index is 5.78. The molecule has 15 heavy (non-hydrogen) atoms. The summed E-state index contributed by atoms with van der Waals surface area (Å²) in [6.45, 7) is 9.30. The fraction of sp³-hybridized carbons (Fsp3) is 1.00. The lowest BCUT2D eigenvalue weighted by molar-refractivity contribution is 0.00578. The van der Waals surface area contributed by atoms with Crippen LogP contribution in [0.15, 0.2) is 0 Å². The summed E-state index contributed by atoms with van der Waals surface area (Å²) in [4.78, 5) is 0. The normalized spacial score (nSPS) is 28.0. The average Bonchev–Trinajstić information content (AvgIpc) is 2.58. The lowest BCUT2D eigenvalue weighted by atomic mass is 9.49. The van der Waals surface area contributed by atoms with E-state index in [1.54, 1.807) is 0 Å². The summed E-state index contributed by atoms with van der Waals surface area (Å²) >= 11 is 0. The van der Waals surface area contributed by atoms with Gasteiger partial charge in [0.2, 0.25) is 0 Å². The standard InChI is InChI=1S/C8H16B2O4.H3N/c1-7(2)8(3,4)14-10(13-7)9-11-5-6-12-9;/h5-6H2,1-4H3;1H3. The minimum atomic E-state index is -0.400.